The summed E-state index contributed by atoms with van der Waals surface area (Å²) in [4.78, 5) is 0. The Morgan fingerprint density at radius 2 is 1.90 bits per heavy atom. The van der Waals surface area contributed by atoms with E-state index >= 15 is 0 Å². The average Bonchev–Trinajstić information content (AvgIpc) is 2.05. The van der Waals surface area contributed by atoms with Crippen LogP contribution in [0.1, 0.15) is 11.1 Å². The third kappa shape index (κ3) is 1.64. The lowest BCUT2D eigenvalue weighted by Gasteiger charge is -2.02. The molecule has 0 radical (unpaired) electrons. The normalized spacial score (nSPS) is 9.30. The van der Waals surface area contributed by atoms with E-state index < -0.39 is 0 Å². The third-order valence-corrected chi connectivity index (χ3v) is 1.72. The molecule has 0 atom stereocenters. The van der Waals surface area contributed by atoms with Crippen molar-refractivity contribution in [1.82, 2.24) is 0 Å². The van der Waals surface area contributed by atoms with Gasteiger partial charge in [0.2, 0.25) is 0 Å². The molecule has 0 aliphatic carbocycles. The predicted molar refractivity (Wildman–Crippen MR) is 47.6 cm³/mol. The summed E-state index contributed by atoms with van der Waals surface area (Å²) in [6.07, 6.45) is 1.83. The van der Waals surface area contributed by atoms with Crippen molar-refractivity contribution in [2.45, 2.75) is 5.75 Å². The van der Waals surface area contributed by atoms with Gasteiger partial charge in [-0.2, -0.15) is 5.75 Å². The molecule has 0 fully saturated rings. The summed E-state index contributed by atoms with van der Waals surface area (Å²) in [7, 11) is 0. The molecule has 10 heavy (non-hydrogen) atoms. The van der Waals surface area contributed by atoms with Gasteiger partial charge in [0.15, 0.2) is 0 Å². The summed E-state index contributed by atoms with van der Waals surface area (Å²) in [5, 5.41) is 0. The highest BCUT2D eigenvalue weighted by Gasteiger charge is 1.83. The fraction of sp³-hybridized carbons (Fsp3) is 0.111. The summed E-state index contributed by atoms with van der Waals surface area (Å²) >= 11 is 4.87. The largest absolute Gasteiger partial charge is 0.788 e. The highest BCUT2D eigenvalue weighted by molar-refractivity contribution is 7.57. The van der Waals surface area contributed by atoms with Gasteiger partial charge in [0.1, 0.15) is 0 Å². The van der Waals surface area contributed by atoms with Crippen LogP contribution in [0.4, 0.5) is 0 Å². The van der Waals surface area contributed by atoms with Gasteiger partial charge in [0, 0.05) is 0 Å². The van der Waals surface area contributed by atoms with Gasteiger partial charge in [-0.25, -0.2) is 0 Å². The molecule has 0 amide bonds. The standard InChI is InChI=1S/C9H10S/c1-2-8-3-5-9(7-10)6-4-8/h2-6,10H,1,7H2/p-1. The lowest BCUT2D eigenvalue weighted by molar-refractivity contribution is 1.42. The minimum absolute atomic E-state index is 0.692. The second-order valence-electron chi connectivity index (χ2n) is 2.09. The van der Waals surface area contributed by atoms with E-state index in [-0.39, 0.29) is 0 Å². The van der Waals surface area contributed by atoms with Crippen LogP contribution < -0.4 is 0 Å². The van der Waals surface area contributed by atoms with Crippen LogP contribution in [0.15, 0.2) is 30.8 Å². The number of hydrogen-bond acceptors (Lipinski definition) is 1. The van der Waals surface area contributed by atoms with Gasteiger partial charge < -0.3 is 12.6 Å². The zero-order valence-electron chi connectivity index (χ0n) is 5.71. The van der Waals surface area contributed by atoms with Crippen molar-refractivity contribution >= 4 is 18.7 Å². The van der Waals surface area contributed by atoms with E-state index in [1.54, 1.807) is 0 Å². The lowest BCUT2D eigenvalue weighted by Crippen LogP contribution is -1.78. The first kappa shape index (κ1) is 7.42. The van der Waals surface area contributed by atoms with Crippen LogP contribution >= 0.6 is 0 Å². The van der Waals surface area contributed by atoms with Crippen LogP contribution in [0, 0.1) is 0 Å². The van der Waals surface area contributed by atoms with Crippen LogP contribution in [0.3, 0.4) is 0 Å². The molecule has 1 aromatic carbocycles. The van der Waals surface area contributed by atoms with E-state index in [0.717, 1.165) is 5.56 Å². The van der Waals surface area contributed by atoms with Crippen molar-refractivity contribution in [1.29, 1.82) is 0 Å². The van der Waals surface area contributed by atoms with Gasteiger partial charge >= 0.3 is 0 Å². The minimum atomic E-state index is 0.692. The highest BCUT2D eigenvalue weighted by Crippen LogP contribution is 2.04. The Bertz CT molecular complexity index is 211. The molecular weight excluding hydrogens is 140 g/mol. The maximum Gasteiger partial charge on any atom is -0.0262 e. The third-order valence-electron chi connectivity index (χ3n) is 1.38. The molecule has 0 spiro atoms. The van der Waals surface area contributed by atoms with E-state index in [1.807, 2.05) is 30.3 Å². The zero-order chi connectivity index (χ0) is 7.40. The van der Waals surface area contributed by atoms with Gasteiger partial charge in [-0.1, -0.05) is 42.5 Å². The molecule has 1 rings (SSSR count). The van der Waals surface area contributed by atoms with Gasteiger partial charge in [-0.05, 0) is 5.56 Å². The van der Waals surface area contributed by atoms with Crippen molar-refractivity contribution in [3.8, 4) is 0 Å². The van der Waals surface area contributed by atoms with Crippen LogP contribution in [-0.4, -0.2) is 0 Å². The van der Waals surface area contributed by atoms with Crippen LogP contribution in [-0.2, 0) is 18.4 Å². The molecule has 0 unspecified atom stereocenters. The SMILES string of the molecule is C=Cc1ccc(C[S-])cc1. The molecule has 1 heteroatoms. The zero-order valence-corrected chi connectivity index (χ0v) is 6.53. The summed E-state index contributed by atoms with van der Waals surface area (Å²) in [5.41, 5.74) is 2.34. The van der Waals surface area contributed by atoms with E-state index in [1.165, 1.54) is 5.56 Å². The summed E-state index contributed by atoms with van der Waals surface area (Å²) in [6, 6.07) is 8.11. The Hall–Kier alpha value is -0.690. The van der Waals surface area contributed by atoms with Crippen LogP contribution in [0.2, 0.25) is 0 Å². The molecule has 0 nitrogen and oxygen atoms in total. The van der Waals surface area contributed by atoms with Gasteiger partial charge in [0.05, 0.1) is 0 Å². The van der Waals surface area contributed by atoms with E-state index in [2.05, 4.69) is 6.58 Å². The van der Waals surface area contributed by atoms with Crippen molar-refractivity contribution in [2.75, 3.05) is 0 Å². The molecule has 0 saturated carbocycles. The number of benzene rings is 1. The summed E-state index contributed by atoms with van der Waals surface area (Å²) in [5.74, 6) is 0.692. The predicted octanol–water partition coefficient (Wildman–Crippen LogP) is 2.38. The molecule has 1 aromatic rings. The van der Waals surface area contributed by atoms with Crippen molar-refractivity contribution in [2.24, 2.45) is 0 Å². The molecule has 52 valence electrons. The minimum Gasteiger partial charge on any atom is -0.788 e. The van der Waals surface area contributed by atoms with Gasteiger partial charge in [-0.15, -0.1) is 0 Å². The fourth-order valence-corrected chi connectivity index (χ4v) is 0.942. The van der Waals surface area contributed by atoms with E-state index in [9.17, 15) is 0 Å². The smallest absolute Gasteiger partial charge is 0.0262 e. The Morgan fingerprint density at radius 1 is 1.30 bits per heavy atom. The molecular formula is C9H9S-. The van der Waals surface area contributed by atoms with Crippen LogP contribution in [0.5, 0.6) is 0 Å². The summed E-state index contributed by atoms with van der Waals surface area (Å²) < 4.78 is 0. The molecule has 0 saturated heterocycles. The Kier molecular flexibility index (Phi) is 2.57. The Morgan fingerprint density at radius 3 is 2.30 bits per heavy atom. The van der Waals surface area contributed by atoms with Crippen LogP contribution in [0.25, 0.3) is 6.08 Å². The monoisotopic (exact) mass is 149 g/mol. The van der Waals surface area contributed by atoms with E-state index in [0.29, 0.717) is 5.75 Å². The first-order chi connectivity index (χ1) is 4.86. The van der Waals surface area contributed by atoms with E-state index in [4.69, 9.17) is 12.6 Å². The van der Waals surface area contributed by atoms with Gasteiger partial charge in [-0.3, -0.25) is 0 Å². The number of hydrogen-bond donors (Lipinski definition) is 0. The maximum atomic E-state index is 4.87. The second kappa shape index (κ2) is 3.47. The lowest BCUT2D eigenvalue weighted by atomic mass is 10.1. The fourth-order valence-electron chi connectivity index (χ4n) is 0.750. The Balaban J connectivity index is 2.90. The van der Waals surface area contributed by atoms with Gasteiger partial charge in [0.25, 0.3) is 0 Å². The van der Waals surface area contributed by atoms with Crippen molar-refractivity contribution < 1.29 is 0 Å². The molecule has 0 bridgehead atoms. The van der Waals surface area contributed by atoms with Crippen molar-refractivity contribution in [3.05, 3.63) is 42.0 Å². The molecule has 0 aliphatic heterocycles. The second-order valence-corrected chi connectivity index (χ2v) is 2.38. The molecule has 0 heterocycles. The maximum absolute atomic E-state index is 4.87. The highest BCUT2D eigenvalue weighted by atomic mass is 32.1. The van der Waals surface area contributed by atoms with Crippen molar-refractivity contribution in [3.63, 3.8) is 0 Å². The molecule has 0 aliphatic rings. The first-order valence-electron chi connectivity index (χ1n) is 3.16. The number of rotatable bonds is 2. The quantitative estimate of drug-likeness (QED) is 0.582. The summed E-state index contributed by atoms with van der Waals surface area (Å²) in [6.45, 7) is 3.66. The topological polar surface area (TPSA) is 0 Å². The molecule has 0 aromatic heterocycles. The Labute approximate surface area is 67.0 Å². The molecule has 0 N–H and O–H groups in total. The first-order valence-corrected chi connectivity index (χ1v) is 3.74. The average molecular weight is 149 g/mol.